The molecule has 1 aromatic heterocycles. The number of hydrogen-bond acceptors (Lipinski definition) is 3. The third-order valence-corrected chi connectivity index (χ3v) is 2.41. The van der Waals surface area contributed by atoms with Gasteiger partial charge in [0.15, 0.2) is 0 Å². The number of rotatable bonds is 4. The molecule has 0 saturated carbocycles. The molecule has 0 aliphatic carbocycles. The van der Waals surface area contributed by atoms with Gasteiger partial charge in [-0.3, -0.25) is 9.69 Å². The van der Waals surface area contributed by atoms with Crippen molar-refractivity contribution >= 4 is 11.8 Å². The molecule has 0 fully saturated rings. The number of nitrogens with zero attached hydrogens (tertiary/aromatic N) is 1. The lowest BCUT2D eigenvalue weighted by Crippen LogP contribution is -2.32. The summed E-state index contributed by atoms with van der Waals surface area (Å²) in [6, 6.07) is 3.63. The van der Waals surface area contributed by atoms with E-state index in [1.165, 1.54) is 4.90 Å². The zero-order valence-corrected chi connectivity index (χ0v) is 9.49. The molecule has 0 radical (unpaired) electrons. The summed E-state index contributed by atoms with van der Waals surface area (Å²) in [5.41, 5.74) is 5.42. The van der Waals surface area contributed by atoms with E-state index in [0.717, 1.165) is 5.76 Å². The summed E-state index contributed by atoms with van der Waals surface area (Å²) in [6.07, 6.45) is 0.697. The van der Waals surface area contributed by atoms with E-state index in [0.29, 0.717) is 18.8 Å². The summed E-state index contributed by atoms with van der Waals surface area (Å²) in [4.78, 5) is 13.4. The second-order valence-corrected chi connectivity index (χ2v) is 3.76. The quantitative estimate of drug-likeness (QED) is 0.820. The number of amides is 1. The van der Waals surface area contributed by atoms with Gasteiger partial charge in [0.2, 0.25) is 11.8 Å². The van der Waals surface area contributed by atoms with E-state index < -0.39 is 0 Å². The largest absolute Gasteiger partial charge is 0.445 e. The van der Waals surface area contributed by atoms with Gasteiger partial charge >= 0.3 is 0 Å². The summed E-state index contributed by atoms with van der Waals surface area (Å²) in [5.74, 6) is 1.36. The van der Waals surface area contributed by atoms with Gasteiger partial charge in [0, 0.05) is 19.0 Å². The highest BCUT2D eigenvalue weighted by Gasteiger charge is 2.19. The van der Waals surface area contributed by atoms with Gasteiger partial charge < -0.3 is 10.2 Å². The maximum Gasteiger partial charge on any atom is 0.231 e. The van der Waals surface area contributed by atoms with Gasteiger partial charge in [-0.1, -0.05) is 6.92 Å². The highest BCUT2D eigenvalue weighted by Crippen LogP contribution is 2.19. The number of anilines is 1. The molecular formula is C11H18N2O2. The third-order valence-electron chi connectivity index (χ3n) is 2.41. The number of nitrogens with two attached hydrogens (primary N) is 1. The molecule has 1 atom stereocenters. The van der Waals surface area contributed by atoms with Gasteiger partial charge in [0.05, 0.1) is 0 Å². The van der Waals surface area contributed by atoms with Crippen molar-refractivity contribution in [3.8, 4) is 0 Å². The maximum atomic E-state index is 11.9. The highest BCUT2D eigenvalue weighted by molar-refractivity contribution is 5.93. The summed E-state index contributed by atoms with van der Waals surface area (Å²) in [5, 5.41) is 0. The lowest BCUT2D eigenvalue weighted by molar-refractivity contribution is -0.121. The lowest BCUT2D eigenvalue weighted by atomic mass is 10.1. The summed E-state index contributed by atoms with van der Waals surface area (Å²) in [7, 11) is 1.72. The standard InChI is InChI=1S/C11H18N2O2/c1-8(6-7-12)11(14)13(3)10-5-4-9(2)15-10/h4-5,8H,6-7,12H2,1-3H3. The molecule has 1 unspecified atom stereocenters. The number of carbonyl (C=O) groups is 1. The Balaban J connectivity index is 2.68. The Morgan fingerprint density at radius 2 is 2.27 bits per heavy atom. The zero-order valence-electron chi connectivity index (χ0n) is 9.49. The van der Waals surface area contributed by atoms with Crippen molar-refractivity contribution in [2.24, 2.45) is 11.7 Å². The molecule has 4 nitrogen and oxygen atoms in total. The zero-order chi connectivity index (χ0) is 11.4. The first-order valence-corrected chi connectivity index (χ1v) is 5.10. The van der Waals surface area contributed by atoms with Crippen LogP contribution in [0.4, 0.5) is 5.88 Å². The molecule has 0 spiro atoms. The second-order valence-electron chi connectivity index (χ2n) is 3.76. The molecule has 1 amide bonds. The van der Waals surface area contributed by atoms with Crippen LogP contribution in [0.5, 0.6) is 0 Å². The molecule has 0 aliphatic heterocycles. The van der Waals surface area contributed by atoms with Crippen molar-refractivity contribution in [3.63, 3.8) is 0 Å². The molecule has 0 aliphatic rings. The van der Waals surface area contributed by atoms with Crippen LogP contribution < -0.4 is 10.6 Å². The van der Waals surface area contributed by atoms with Crippen molar-refractivity contribution in [2.45, 2.75) is 20.3 Å². The van der Waals surface area contributed by atoms with Crippen LogP contribution in [-0.2, 0) is 4.79 Å². The van der Waals surface area contributed by atoms with Gasteiger partial charge in [-0.25, -0.2) is 0 Å². The Hall–Kier alpha value is -1.29. The summed E-state index contributed by atoms with van der Waals surface area (Å²) >= 11 is 0. The second kappa shape index (κ2) is 4.98. The fourth-order valence-corrected chi connectivity index (χ4v) is 1.41. The first-order chi connectivity index (χ1) is 7.06. The normalized spacial score (nSPS) is 12.5. The van der Waals surface area contributed by atoms with E-state index in [4.69, 9.17) is 10.2 Å². The van der Waals surface area contributed by atoms with E-state index >= 15 is 0 Å². The fourth-order valence-electron chi connectivity index (χ4n) is 1.41. The van der Waals surface area contributed by atoms with Crippen LogP contribution >= 0.6 is 0 Å². The highest BCUT2D eigenvalue weighted by atomic mass is 16.4. The molecule has 1 rings (SSSR count). The molecule has 84 valence electrons. The third kappa shape index (κ3) is 2.83. The van der Waals surface area contributed by atoms with Crippen LogP contribution in [-0.4, -0.2) is 19.5 Å². The number of hydrogen-bond donors (Lipinski definition) is 1. The van der Waals surface area contributed by atoms with E-state index in [9.17, 15) is 4.79 Å². The van der Waals surface area contributed by atoms with Crippen LogP contribution in [0.3, 0.4) is 0 Å². The Labute approximate surface area is 90.0 Å². The SMILES string of the molecule is Cc1ccc(N(C)C(=O)C(C)CCN)o1. The van der Waals surface area contributed by atoms with Gasteiger partial charge in [-0.05, 0) is 26.0 Å². The molecule has 0 bridgehead atoms. The molecule has 0 saturated heterocycles. The van der Waals surface area contributed by atoms with Crippen molar-refractivity contribution in [3.05, 3.63) is 17.9 Å². The van der Waals surface area contributed by atoms with E-state index in [2.05, 4.69) is 0 Å². The van der Waals surface area contributed by atoms with E-state index in [1.54, 1.807) is 13.1 Å². The van der Waals surface area contributed by atoms with Crippen LogP contribution in [0.15, 0.2) is 16.5 Å². The van der Waals surface area contributed by atoms with Crippen molar-refractivity contribution in [1.29, 1.82) is 0 Å². The van der Waals surface area contributed by atoms with E-state index in [-0.39, 0.29) is 11.8 Å². The molecule has 15 heavy (non-hydrogen) atoms. The Morgan fingerprint density at radius 1 is 1.60 bits per heavy atom. The predicted octanol–water partition coefficient (Wildman–Crippen LogP) is 1.54. The topological polar surface area (TPSA) is 59.5 Å². The minimum absolute atomic E-state index is 0.0369. The van der Waals surface area contributed by atoms with E-state index in [1.807, 2.05) is 19.9 Å². The minimum Gasteiger partial charge on any atom is -0.445 e. The van der Waals surface area contributed by atoms with Crippen molar-refractivity contribution < 1.29 is 9.21 Å². The fraction of sp³-hybridized carbons (Fsp3) is 0.545. The Morgan fingerprint density at radius 3 is 2.73 bits per heavy atom. The molecule has 2 N–H and O–H groups in total. The summed E-state index contributed by atoms with van der Waals surface area (Å²) < 4.78 is 5.37. The maximum absolute atomic E-state index is 11.9. The first-order valence-electron chi connectivity index (χ1n) is 5.10. The average molecular weight is 210 g/mol. The number of carbonyl (C=O) groups excluding carboxylic acids is 1. The van der Waals surface area contributed by atoms with Crippen LogP contribution in [0, 0.1) is 12.8 Å². The Bertz CT molecular complexity index is 333. The number of aryl methyl sites for hydroxylation is 1. The monoisotopic (exact) mass is 210 g/mol. The van der Waals surface area contributed by atoms with Gasteiger partial charge in [0.25, 0.3) is 0 Å². The molecule has 1 heterocycles. The average Bonchev–Trinajstić information content (AvgIpc) is 2.63. The number of furan rings is 1. The molecular weight excluding hydrogens is 192 g/mol. The minimum atomic E-state index is -0.0644. The van der Waals surface area contributed by atoms with Crippen molar-refractivity contribution in [1.82, 2.24) is 0 Å². The molecule has 0 aromatic carbocycles. The van der Waals surface area contributed by atoms with Crippen LogP contribution in [0.25, 0.3) is 0 Å². The van der Waals surface area contributed by atoms with Gasteiger partial charge in [0.1, 0.15) is 5.76 Å². The Kier molecular flexibility index (Phi) is 3.91. The smallest absolute Gasteiger partial charge is 0.231 e. The molecule has 1 aromatic rings. The van der Waals surface area contributed by atoms with Gasteiger partial charge in [-0.2, -0.15) is 0 Å². The van der Waals surface area contributed by atoms with Gasteiger partial charge in [-0.15, -0.1) is 0 Å². The summed E-state index contributed by atoms with van der Waals surface area (Å²) in [6.45, 7) is 4.25. The molecule has 4 heteroatoms. The van der Waals surface area contributed by atoms with Crippen molar-refractivity contribution in [2.75, 3.05) is 18.5 Å². The lowest BCUT2D eigenvalue weighted by Gasteiger charge is -2.18. The van der Waals surface area contributed by atoms with Crippen LogP contribution in [0.2, 0.25) is 0 Å². The van der Waals surface area contributed by atoms with Crippen LogP contribution in [0.1, 0.15) is 19.1 Å². The predicted molar refractivity (Wildman–Crippen MR) is 59.7 cm³/mol. The first kappa shape index (κ1) is 11.8.